The summed E-state index contributed by atoms with van der Waals surface area (Å²) in [6.07, 6.45) is 3.72. The third-order valence-electron chi connectivity index (χ3n) is 2.93. The van der Waals surface area contributed by atoms with Crippen LogP contribution in [0.5, 0.6) is 0 Å². The lowest BCUT2D eigenvalue weighted by atomic mass is 9.73. The molecule has 1 aliphatic carbocycles. The van der Waals surface area contributed by atoms with Gasteiger partial charge in [0.15, 0.2) is 0 Å². The standard InChI is InChI=1S/C9H19N/c1-7-4-5-9(3,10)6-8(7)2/h7-8H,4-6,10H2,1-3H3/t7-,8-,9+/m1/s1. The van der Waals surface area contributed by atoms with Crippen LogP contribution in [-0.4, -0.2) is 5.54 Å². The molecular weight excluding hydrogens is 122 g/mol. The molecule has 1 heteroatoms. The van der Waals surface area contributed by atoms with Crippen molar-refractivity contribution in [2.45, 2.75) is 45.6 Å². The van der Waals surface area contributed by atoms with Gasteiger partial charge < -0.3 is 5.73 Å². The molecule has 0 heterocycles. The summed E-state index contributed by atoms with van der Waals surface area (Å²) < 4.78 is 0. The molecule has 1 aliphatic rings. The summed E-state index contributed by atoms with van der Waals surface area (Å²) in [5, 5.41) is 0. The van der Waals surface area contributed by atoms with Crippen molar-refractivity contribution >= 4 is 0 Å². The van der Waals surface area contributed by atoms with Crippen molar-refractivity contribution in [1.82, 2.24) is 0 Å². The fourth-order valence-corrected chi connectivity index (χ4v) is 1.88. The lowest BCUT2D eigenvalue weighted by Gasteiger charge is -2.37. The summed E-state index contributed by atoms with van der Waals surface area (Å²) in [6.45, 7) is 6.82. The molecule has 1 rings (SSSR count). The van der Waals surface area contributed by atoms with Crippen LogP contribution in [0.3, 0.4) is 0 Å². The molecule has 2 N–H and O–H groups in total. The molecule has 0 unspecified atom stereocenters. The van der Waals surface area contributed by atoms with E-state index < -0.39 is 0 Å². The van der Waals surface area contributed by atoms with E-state index in [4.69, 9.17) is 5.73 Å². The molecule has 1 fully saturated rings. The van der Waals surface area contributed by atoms with E-state index in [1.807, 2.05) is 0 Å². The first-order valence-electron chi connectivity index (χ1n) is 4.30. The second-order valence-electron chi connectivity index (χ2n) is 4.35. The summed E-state index contributed by atoms with van der Waals surface area (Å²) >= 11 is 0. The Morgan fingerprint density at radius 3 is 2.30 bits per heavy atom. The van der Waals surface area contributed by atoms with Gasteiger partial charge in [0, 0.05) is 5.54 Å². The quantitative estimate of drug-likeness (QED) is 0.549. The van der Waals surface area contributed by atoms with E-state index in [9.17, 15) is 0 Å². The molecule has 0 radical (unpaired) electrons. The smallest absolute Gasteiger partial charge is 0.0128 e. The van der Waals surface area contributed by atoms with Crippen LogP contribution in [0.4, 0.5) is 0 Å². The van der Waals surface area contributed by atoms with Crippen molar-refractivity contribution in [2.75, 3.05) is 0 Å². The maximum absolute atomic E-state index is 6.03. The zero-order valence-electron chi connectivity index (χ0n) is 7.35. The second-order valence-corrected chi connectivity index (χ2v) is 4.35. The largest absolute Gasteiger partial charge is 0.325 e. The van der Waals surface area contributed by atoms with Crippen LogP contribution in [0.1, 0.15) is 40.0 Å². The SMILES string of the molecule is C[C@@H]1CC[C@](C)(N)C[C@H]1C. The third kappa shape index (κ3) is 1.72. The maximum Gasteiger partial charge on any atom is 0.0128 e. The second kappa shape index (κ2) is 2.54. The Morgan fingerprint density at radius 2 is 1.90 bits per heavy atom. The molecule has 0 aromatic carbocycles. The third-order valence-corrected chi connectivity index (χ3v) is 2.93. The first-order valence-corrected chi connectivity index (χ1v) is 4.30. The van der Waals surface area contributed by atoms with E-state index in [-0.39, 0.29) is 5.54 Å². The van der Waals surface area contributed by atoms with Gasteiger partial charge in [-0.2, -0.15) is 0 Å². The fraction of sp³-hybridized carbons (Fsp3) is 1.00. The van der Waals surface area contributed by atoms with Crippen LogP contribution in [0.2, 0.25) is 0 Å². The van der Waals surface area contributed by atoms with E-state index in [0.717, 1.165) is 11.8 Å². The summed E-state index contributed by atoms with van der Waals surface area (Å²) in [5.41, 5.74) is 6.16. The van der Waals surface area contributed by atoms with Crippen LogP contribution in [-0.2, 0) is 0 Å². The van der Waals surface area contributed by atoms with Gasteiger partial charge in [-0.15, -0.1) is 0 Å². The molecule has 1 saturated carbocycles. The zero-order valence-corrected chi connectivity index (χ0v) is 7.35. The lowest BCUT2D eigenvalue weighted by molar-refractivity contribution is 0.190. The first kappa shape index (κ1) is 8.06. The van der Waals surface area contributed by atoms with Crippen molar-refractivity contribution in [3.05, 3.63) is 0 Å². The lowest BCUT2D eigenvalue weighted by Crippen LogP contribution is -2.42. The number of hydrogen-bond acceptors (Lipinski definition) is 1. The van der Waals surface area contributed by atoms with E-state index in [0.29, 0.717) is 0 Å². The predicted octanol–water partition coefficient (Wildman–Crippen LogP) is 2.16. The van der Waals surface area contributed by atoms with Crippen LogP contribution in [0.15, 0.2) is 0 Å². The van der Waals surface area contributed by atoms with Crippen molar-refractivity contribution in [2.24, 2.45) is 17.6 Å². The fourth-order valence-electron chi connectivity index (χ4n) is 1.88. The van der Waals surface area contributed by atoms with E-state index in [1.165, 1.54) is 19.3 Å². The van der Waals surface area contributed by atoms with Crippen LogP contribution >= 0.6 is 0 Å². The Labute approximate surface area is 64.0 Å². The molecule has 3 atom stereocenters. The normalized spacial score (nSPS) is 49.2. The van der Waals surface area contributed by atoms with Crippen LogP contribution < -0.4 is 5.73 Å². The Bertz CT molecular complexity index is 118. The van der Waals surface area contributed by atoms with Crippen molar-refractivity contribution in [3.8, 4) is 0 Å². The van der Waals surface area contributed by atoms with E-state index >= 15 is 0 Å². The molecule has 0 aliphatic heterocycles. The summed E-state index contributed by atoms with van der Waals surface area (Å²) in [6, 6.07) is 0. The molecular formula is C9H19N. The van der Waals surface area contributed by atoms with Gasteiger partial charge in [0.1, 0.15) is 0 Å². The monoisotopic (exact) mass is 141 g/mol. The van der Waals surface area contributed by atoms with Gasteiger partial charge in [-0.25, -0.2) is 0 Å². The molecule has 1 nitrogen and oxygen atoms in total. The minimum Gasteiger partial charge on any atom is -0.325 e. The van der Waals surface area contributed by atoms with Gasteiger partial charge >= 0.3 is 0 Å². The average Bonchev–Trinajstić information content (AvgIpc) is 1.79. The maximum atomic E-state index is 6.03. The van der Waals surface area contributed by atoms with E-state index in [2.05, 4.69) is 20.8 Å². The molecule has 0 spiro atoms. The van der Waals surface area contributed by atoms with Gasteiger partial charge in [-0.05, 0) is 38.0 Å². The highest BCUT2D eigenvalue weighted by atomic mass is 14.7. The minimum atomic E-state index is 0.131. The molecule has 0 amide bonds. The summed E-state index contributed by atoms with van der Waals surface area (Å²) in [5.74, 6) is 1.71. The van der Waals surface area contributed by atoms with Crippen LogP contribution in [0, 0.1) is 11.8 Å². The highest BCUT2D eigenvalue weighted by Gasteiger charge is 2.29. The van der Waals surface area contributed by atoms with Crippen molar-refractivity contribution in [1.29, 1.82) is 0 Å². The number of nitrogens with two attached hydrogens (primary N) is 1. The van der Waals surface area contributed by atoms with Gasteiger partial charge in [0.2, 0.25) is 0 Å². The Balaban J connectivity index is 2.49. The highest BCUT2D eigenvalue weighted by Crippen LogP contribution is 2.33. The average molecular weight is 141 g/mol. The van der Waals surface area contributed by atoms with Gasteiger partial charge in [-0.3, -0.25) is 0 Å². The predicted molar refractivity (Wildman–Crippen MR) is 44.8 cm³/mol. The van der Waals surface area contributed by atoms with Gasteiger partial charge in [0.05, 0.1) is 0 Å². The molecule has 60 valence electrons. The van der Waals surface area contributed by atoms with Gasteiger partial charge in [-0.1, -0.05) is 13.8 Å². The van der Waals surface area contributed by atoms with Crippen LogP contribution in [0.25, 0.3) is 0 Å². The Hall–Kier alpha value is -0.0400. The molecule has 10 heavy (non-hydrogen) atoms. The molecule has 0 saturated heterocycles. The summed E-state index contributed by atoms with van der Waals surface area (Å²) in [7, 11) is 0. The van der Waals surface area contributed by atoms with Crippen molar-refractivity contribution in [3.63, 3.8) is 0 Å². The highest BCUT2D eigenvalue weighted by molar-refractivity contribution is 4.87. The zero-order chi connectivity index (χ0) is 7.78. The van der Waals surface area contributed by atoms with E-state index in [1.54, 1.807) is 0 Å². The molecule has 0 aromatic rings. The first-order chi connectivity index (χ1) is 4.51. The Morgan fingerprint density at radius 1 is 1.30 bits per heavy atom. The summed E-state index contributed by atoms with van der Waals surface area (Å²) in [4.78, 5) is 0. The number of hydrogen-bond donors (Lipinski definition) is 1. The molecule has 0 bridgehead atoms. The topological polar surface area (TPSA) is 26.0 Å². The van der Waals surface area contributed by atoms with Gasteiger partial charge in [0.25, 0.3) is 0 Å². The Kier molecular flexibility index (Phi) is 2.04. The minimum absolute atomic E-state index is 0.131. The number of rotatable bonds is 0. The molecule has 0 aromatic heterocycles. The van der Waals surface area contributed by atoms with Crippen molar-refractivity contribution < 1.29 is 0 Å².